The first kappa shape index (κ1) is 8.11. The van der Waals surface area contributed by atoms with Crippen LogP contribution in [0.1, 0.15) is 31.0 Å². The molecule has 0 spiro atoms. The highest BCUT2D eigenvalue weighted by Gasteiger charge is 2.12. The van der Waals surface area contributed by atoms with E-state index in [1.165, 1.54) is 5.56 Å². The van der Waals surface area contributed by atoms with E-state index in [2.05, 4.69) is 18.9 Å². The molecule has 3 heteroatoms. The molecule has 0 unspecified atom stereocenters. The average Bonchev–Trinajstić information content (AvgIpc) is 2.07. The van der Waals surface area contributed by atoms with Crippen LogP contribution in [0.5, 0.6) is 0 Å². The van der Waals surface area contributed by atoms with Gasteiger partial charge in [-0.15, -0.1) is 0 Å². The van der Waals surface area contributed by atoms with Gasteiger partial charge in [-0.1, -0.05) is 13.8 Å². The van der Waals surface area contributed by atoms with Gasteiger partial charge in [-0.2, -0.15) is 5.10 Å². The van der Waals surface area contributed by atoms with Gasteiger partial charge < -0.3 is 5.73 Å². The van der Waals surface area contributed by atoms with Crippen LogP contribution in [0.2, 0.25) is 0 Å². The van der Waals surface area contributed by atoms with E-state index in [0.29, 0.717) is 5.92 Å². The van der Waals surface area contributed by atoms with E-state index in [-0.39, 0.29) is 0 Å². The predicted octanol–water partition coefficient (Wildman–Crippen LogP) is 1.43. The van der Waals surface area contributed by atoms with Crippen molar-refractivity contribution >= 4 is 5.82 Å². The van der Waals surface area contributed by atoms with Gasteiger partial charge in [0, 0.05) is 12.6 Å². The lowest BCUT2D eigenvalue weighted by molar-refractivity contribution is 0.767. The van der Waals surface area contributed by atoms with Crippen molar-refractivity contribution in [1.82, 2.24) is 9.78 Å². The second kappa shape index (κ2) is 2.57. The summed E-state index contributed by atoms with van der Waals surface area (Å²) in [5, 5.41) is 4.22. The molecule has 1 rings (SSSR count). The number of nitrogen functional groups attached to an aromatic ring is 1. The van der Waals surface area contributed by atoms with Crippen molar-refractivity contribution in [3.05, 3.63) is 11.3 Å². The summed E-state index contributed by atoms with van der Waals surface area (Å²) >= 11 is 0. The first-order valence-corrected chi connectivity index (χ1v) is 3.83. The van der Waals surface area contributed by atoms with Crippen LogP contribution < -0.4 is 5.73 Å². The topological polar surface area (TPSA) is 43.8 Å². The zero-order valence-electron chi connectivity index (χ0n) is 7.55. The zero-order valence-corrected chi connectivity index (χ0v) is 7.55. The fourth-order valence-electron chi connectivity index (χ4n) is 1.41. The predicted molar refractivity (Wildman–Crippen MR) is 46.4 cm³/mol. The molecule has 0 amide bonds. The average molecular weight is 153 g/mol. The number of nitrogens with zero attached hydrogens (tertiary/aromatic N) is 2. The molecular weight excluding hydrogens is 138 g/mol. The lowest BCUT2D eigenvalue weighted by Crippen LogP contribution is -2.00. The summed E-state index contributed by atoms with van der Waals surface area (Å²) in [6.07, 6.45) is 0. The van der Waals surface area contributed by atoms with Crippen molar-refractivity contribution in [2.45, 2.75) is 26.7 Å². The van der Waals surface area contributed by atoms with E-state index in [1.54, 1.807) is 4.68 Å². The fourth-order valence-corrected chi connectivity index (χ4v) is 1.41. The van der Waals surface area contributed by atoms with E-state index in [4.69, 9.17) is 5.73 Å². The molecule has 0 bridgehead atoms. The van der Waals surface area contributed by atoms with Gasteiger partial charge in [0.05, 0.1) is 5.69 Å². The Bertz CT molecular complexity index is 261. The normalized spacial score (nSPS) is 11.0. The minimum Gasteiger partial charge on any atom is -0.384 e. The van der Waals surface area contributed by atoms with Gasteiger partial charge >= 0.3 is 0 Å². The second-order valence-electron chi connectivity index (χ2n) is 3.16. The summed E-state index contributed by atoms with van der Waals surface area (Å²) < 4.78 is 1.73. The minimum absolute atomic E-state index is 0.462. The van der Waals surface area contributed by atoms with Crippen molar-refractivity contribution in [2.75, 3.05) is 5.73 Å². The maximum atomic E-state index is 5.80. The molecule has 1 heterocycles. The molecule has 0 fully saturated rings. The summed E-state index contributed by atoms with van der Waals surface area (Å²) in [5.41, 5.74) is 8.02. The van der Waals surface area contributed by atoms with E-state index in [9.17, 15) is 0 Å². The van der Waals surface area contributed by atoms with Crippen LogP contribution in [0.4, 0.5) is 5.82 Å². The van der Waals surface area contributed by atoms with Gasteiger partial charge in [-0.05, 0) is 12.8 Å². The van der Waals surface area contributed by atoms with Crippen LogP contribution in [-0.4, -0.2) is 9.78 Å². The monoisotopic (exact) mass is 153 g/mol. The molecule has 0 aliphatic carbocycles. The summed E-state index contributed by atoms with van der Waals surface area (Å²) in [5.74, 6) is 1.25. The van der Waals surface area contributed by atoms with Gasteiger partial charge in [0.1, 0.15) is 5.82 Å². The van der Waals surface area contributed by atoms with Crippen LogP contribution >= 0.6 is 0 Å². The van der Waals surface area contributed by atoms with Crippen LogP contribution in [-0.2, 0) is 7.05 Å². The summed E-state index contributed by atoms with van der Waals surface area (Å²) in [6, 6.07) is 0. The highest BCUT2D eigenvalue weighted by Crippen LogP contribution is 2.23. The molecule has 0 aliphatic rings. The van der Waals surface area contributed by atoms with Gasteiger partial charge in [0.25, 0.3) is 0 Å². The number of rotatable bonds is 1. The van der Waals surface area contributed by atoms with Crippen LogP contribution in [0, 0.1) is 6.92 Å². The van der Waals surface area contributed by atoms with Crippen molar-refractivity contribution in [3.8, 4) is 0 Å². The van der Waals surface area contributed by atoms with Gasteiger partial charge in [-0.25, -0.2) is 0 Å². The molecule has 0 aliphatic heterocycles. The van der Waals surface area contributed by atoms with Gasteiger partial charge in [0.2, 0.25) is 0 Å². The minimum atomic E-state index is 0.462. The highest BCUT2D eigenvalue weighted by atomic mass is 15.3. The molecule has 1 aromatic rings. The first-order chi connectivity index (χ1) is 5.04. The fraction of sp³-hybridized carbons (Fsp3) is 0.625. The molecule has 1 aromatic heterocycles. The van der Waals surface area contributed by atoms with Crippen molar-refractivity contribution < 1.29 is 0 Å². The smallest absolute Gasteiger partial charge is 0.125 e. The number of nitrogens with two attached hydrogens (primary N) is 1. The van der Waals surface area contributed by atoms with Crippen LogP contribution in [0.15, 0.2) is 0 Å². The Morgan fingerprint density at radius 2 is 2.00 bits per heavy atom. The molecule has 2 N–H and O–H groups in total. The molecular formula is C8H15N3. The van der Waals surface area contributed by atoms with Crippen molar-refractivity contribution in [3.63, 3.8) is 0 Å². The maximum Gasteiger partial charge on any atom is 0.125 e. The first-order valence-electron chi connectivity index (χ1n) is 3.83. The van der Waals surface area contributed by atoms with Gasteiger partial charge in [-0.3, -0.25) is 4.68 Å². The third-order valence-electron chi connectivity index (χ3n) is 1.89. The Morgan fingerprint density at radius 1 is 1.45 bits per heavy atom. The lowest BCUT2D eigenvalue weighted by atomic mass is 10.0. The zero-order chi connectivity index (χ0) is 8.59. The summed E-state index contributed by atoms with van der Waals surface area (Å²) in [7, 11) is 1.87. The maximum absolute atomic E-state index is 5.80. The largest absolute Gasteiger partial charge is 0.384 e. The Morgan fingerprint density at radius 3 is 2.18 bits per heavy atom. The second-order valence-corrected chi connectivity index (χ2v) is 3.16. The molecule has 0 radical (unpaired) electrons. The SMILES string of the molecule is Cc1nn(C)c(N)c1C(C)C. The Balaban J connectivity index is 3.22. The molecule has 62 valence electrons. The number of aryl methyl sites for hydroxylation is 2. The lowest BCUT2D eigenvalue weighted by Gasteiger charge is -2.03. The van der Waals surface area contributed by atoms with Crippen molar-refractivity contribution in [2.24, 2.45) is 7.05 Å². The Kier molecular flexibility index (Phi) is 1.89. The molecule has 0 atom stereocenters. The van der Waals surface area contributed by atoms with E-state index < -0.39 is 0 Å². The molecule has 0 saturated heterocycles. The van der Waals surface area contributed by atoms with E-state index >= 15 is 0 Å². The molecule has 3 nitrogen and oxygen atoms in total. The molecule has 0 aromatic carbocycles. The molecule has 0 saturated carbocycles. The summed E-state index contributed by atoms with van der Waals surface area (Å²) in [6.45, 7) is 6.24. The van der Waals surface area contributed by atoms with Gasteiger partial charge in [0.15, 0.2) is 0 Å². The summed E-state index contributed by atoms with van der Waals surface area (Å²) in [4.78, 5) is 0. The molecule has 11 heavy (non-hydrogen) atoms. The van der Waals surface area contributed by atoms with Crippen LogP contribution in [0.25, 0.3) is 0 Å². The van der Waals surface area contributed by atoms with Crippen LogP contribution in [0.3, 0.4) is 0 Å². The number of hydrogen-bond acceptors (Lipinski definition) is 2. The van der Waals surface area contributed by atoms with E-state index in [1.807, 2.05) is 14.0 Å². The standard InChI is InChI=1S/C8H15N3/c1-5(2)7-6(3)10-11(4)8(7)9/h5H,9H2,1-4H3. The van der Waals surface area contributed by atoms with Crippen molar-refractivity contribution in [1.29, 1.82) is 0 Å². The number of hydrogen-bond donors (Lipinski definition) is 1. The third-order valence-corrected chi connectivity index (χ3v) is 1.89. The highest BCUT2D eigenvalue weighted by molar-refractivity contribution is 5.44. The number of anilines is 1. The third kappa shape index (κ3) is 1.23. The number of aromatic nitrogens is 2. The Labute approximate surface area is 67.2 Å². The van der Waals surface area contributed by atoms with E-state index in [0.717, 1.165) is 11.5 Å². The quantitative estimate of drug-likeness (QED) is 0.663. The Hall–Kier alpha value is -0.990.